The Balaban J connectivity index is 2.75. The topological polar surface area (TPSA) is 150 Å². The van der Waals surface area contributed by atoms with Crippen LogP contribution in [0.25, 0.3) is 0 Å². The lowest BCUT2D eigenvalue weighted by molar-refractivity contribution is -0.385. The molecule has 1 aliphatic rings. The van der Waals surface area contributed by atoms with Gasteiger partial charge in [-0.15, -0.1) is 0 Å². The summed E-state index contributed by atoms with van der Waals surface area (Å²) >= 11 is 0. The van der Waals surface area contributed by atoms with Gasteiger partial charge in [-0.2, -0.15) is 15.8 Å². The van der Waals surface area contributed by atoms with E-state index in [0.29, 0.717) is 0 Å². The van der Waals surface area contributed by atoms with Crippen molar-refractivity contribution in [3.63, 3.8) is 0 Å². The number of nitro benzene ring substituents is 1. The van der Waals surface area contributed by atoms with Gasteiger partial charge in [-0.3, -0.25) is 10.1 Å². The van der Waals surface area contributed by atoms with Gasteiger partial charge in [0.25, 0.3) is 0 Å². The molecular formula is C13H7N5O3. The second-order valence-corrected chi connectivity index (χ2v) is 4.16. The third-order valence-corrected chi connectivity index (χ3v) is 3.08. The van der Waals surface area contributed by atoms with Crippen molar-refractivity contribution >= 4 is 5.69 Å². The minimum atomic E-state index is -1.21. The average Bonchev–Trinajstić information content (AvgIpc) is 2.47. The Morgan fingerprint density at radius 2 is 2.00 bits per heavy atom. The Labute approximate surface area is 119 Å². The fourth-order valence-electron chi connectivity index (χ4n) is 2.16. The van der Waals surface area contributed by atoms with Crippen molar-refractivity contribution in [1.82, 2.24) is 0 Å². The molecule has 0 radical (unpaired) electrons. The first kappa shape index (κ1) is 13.9. The average molecular weight is 281 g/mol. The molecule has 0 aliphatic carbocycles. The summed E-state index contributed by atoms with van der Waals surface area (Å²) in [6, 6.07) is 9.42. The Morgan fingerprint density at radius 1 is 1.33 bits per heavy atom. The van der Waals surface area contributed by atoms with Crippen LogP contribution in [0.15, 0.2) is 29.7 Å². The number of nitrogens with two attached hydrogens (primary N) is 1. The van der Waals surface area contributed by atoms with Gasteiger partial charge in [-0.05, 0) is 0 Å². The second-order valence-electron chi connectivity index (χ2n) is 4.16. The first-order chi connectivity index (χ1) is 10.0. The number of fused-ring (bicyclic) bond motifs is 1. The number of allylic oxidation sites excluding steroid dienone is 1. The predicted molar refractivity (Wildman–Crippen MR) is 68.0 cm³/mol. The number of nitrogens with zero attached hydrogens (tertiary/aromatic N) is 4. The number of nitriles is 3. The molecule has 1 heterocycles. The highest BCUT2D eigenvalue weighted by atomic mass is 16.6. The molecule has 0 aromatic heterocycles. The molecule has 2 rings (SSSR count). The maximum absolute atomic E-state index is 11.0. The van der Waals surface area contributed by atoms with E-state index in [0.717, 1.165) is 0 Å². The van der Waals surface area contributed by atoms with Crippen molar-refractivity contribution in [2.24, 2.45) is 11.7 Å². The Morgan fingerprint density at radius 3 is 2.52 bits per heavy atom. The number of hydrogen-bond acceptors (Lipinski definition) is 7. The Bertz CT molecular complexity index is 764. The molecule has 2 N–H and O–H groups in total. The molecule has 1 atom stereocenters. The summed E-state index contributed by atoms with van der Waals surface area (Å²) in [6.07, 6.45) is 0. The summed E-state index contributed by atoms with van der Waals surface area (Å²) in [4.78, 5) is 10.4. The van der Waals surface area contributed by atoms with Crippen LogP contribution in [0.4, 0.5) is 5.69 Å². The van der Waals surface area contributed by atoms with Gasteiger partial charge < -0.3 is 10.5 Å². The van der Waals surface area contributed by atoms with Crippen LogP contribution in [-0.4, -0.2) is 4.92 Å². The van der Waals surface area contributed by atoms with Gasteiger partial charge in [0.1, 0.15) is 12.0 Å². The molecule has 1 aromatic rings. The minimum absolute atomic E-state index is 0.0869. The van der Waals surface area contributed by atoms with Gasteiger partial charge in [0.05, 0.1) is 28.6 Å². The molecule has 102 valence electrons. The Kier molecular flexibility index (Phi) is 3.43. The molecule has 8 heteroatoms. The highest BCUT2D eigenvalue weighted by Gasteiger charge is 2.38. The van der Waals surface area contributed by atoms with Crippen molar-refractivity contribution in [2.75, 3.05) is 0 Å². The number of rotatable bonds is 2. The van der Waals surface area contributed by atoms with Gasteiger partial charge >= 0.3 is 5.69 Å². The lowest BCUT2D eigenvalue weighted by Gasteiger charge is -2.25. The second kappa shape index (κ2) is 5.20. The summed E-state index contributed by atoms with van der Waals surface area (Å²) in [5.74, 6) is -2.66. The van der Waals surface area contributed by atoms with E-state index in [1.807, 2.05) is 0 Å². The fourth-order valence-corrected chi connectivity index (χ4v) is 2.16. The van der Waals surface area contributed by atoms with Crippen LogP contribution < -0.4 is 10.5 Å². The number of para-hydroxylation sites is 1. The fraction of sp³-hybridized carbons (Fsp3) is 0.154. The predicted octanol–water partition coefficient (Wildman–Crippen LogP) is 1.43. The monoisotopic (exact) mass is 281 g/mol. The van der Waals surface area contributed by atoms with Gasteiger partial charge in [0.15, 0.2) is 0 Å². The van der Waals surface area contributed by atoms with Crippen LogP contribution in [0.5, 0.6) is 5.75 Å². The van der Waals surface area contributed by atoms with Crippen molar-refractivity contribution in [3.05, 3.63) is 45.3 Å². The quantitative estimate of drug-likeness (QED) is 0.635. The first-order valence-electron chi connectivity index (χ1n) is 5.69. The van der Waals surface area contributed by atoms with E-state index >= 15 is 0 Å². The van der Waals surface area contributed by atoms with Crippen LogP contribution in [0, 0.1) is 50.0 Å². The molecule has 0 bridgehead atoms. The molecule has 1 unspecified atom stereocenters. The standard InChI is InChI=1S/C13H7N5O3/c14-4-7(5-15)11-8-2-1-3-10(18(19)20)12(8)21-13(17)9(11)6-16/h1-3,7,11H,17H2. The van der Waals surface area contributed by atoms with Gasteiger partial charge in [-0.1, -0.05) is 12.1 Å². The lowest BCUT2D eigenvalue weighted by atomic mass is 9.80. The summed E-state index contributed by atoms with van der Waals surface area (Å²) in [5, 5.41) is 38.3. The molecule has 21 heavy (non-hydrogen) atoms. The molecule has 8 nitrogen and oxygen atoms in total. The summed E-state index contributed by atoms with van der Waals surface area (Å²) in [7, 11) is 0. The first-order valence-corrected chi connectivity index (χ1v) is 5.69. The van der Waals surface area contributed by atoms with E-state index in [-0.39, 0.29) is 28.5 Å². The maximum atomic E-state index is 11.0. The third kappa shape index (κ3) is 2.09. The zero-order valence-electron chi connectivity index (χ0n) is 10.5. The van der Waals surface area contributed by atoms with Gasteiger partial charge in [0, 0.05) is 11.6 Å². The van der Waals surface area contributed by atoms with Crippen LogP contribution in [0.2, 0.25) is 0 Å². The lowest BCUT2D eigenvalue weighted by Crippen LogP contribution is -2.24. The smallest absolute Gasteiger partial charge is 0.311 e. The van der Waals surface area contributed by atoms with Gasteiger partial charge in [-0.25, -0.2) is 0 Å². The van der Waals surface area contributed by atoms with E-state index in [2.05, 4.69) is 0 Å². The van der Waals surface area contributed by atoms with E-state index < -0.39 is 16.8 Å². The van der Waals surface area contributed by atoms with Gasteiger partial charge in [0.2, 0.25) is 11.6 Å². The highest BCUT2D eigenvalue weighted by molar-refractivity contribution is 5.60. The SMILES string of the molecule is N#CC1=C(N)Oc2c(cccc2[N+](=O)[O-])C1C(C#N)C#N. The van der Waals surface area contributed by atoms with Crippen LogP contribution in [0.1, 0.15) is 11.5 Å². The van der Waals surface area contributed by atoms with Crippen molar-refractivity contribution in [3.8, 4) is 24.0 Å². The van der Waals surface area contributed by atoms with Crippen LogP contribution in [-0.2, 0) is 0 Å². The molecule has 0 fully saturated rings. The van der Waals surface area contributed by atoms with E-state index in [9.17, 15) is 10.1 Å². The van der Waals surface area contributed by atoms with E-state index in [1.54, 1.807) is 18.2 Å². The van der Waals surface area contributed by atoms with Crippen LogP contribution in [0.3, 0.4) is 0 Å². The molecular weight excluding hydrogens is 274 g/mol. The normalized spacial score (nSPS) is 16.2. The summed E-state index contributed by atoms with van der Waals surface area (Å²) in [6.45, 7) is 0. The maximum Gasteiger partial charge on any atom is 0.311 e. The largest absolute Gasteiger partial charge is 0.433 e. The summed E-state index contributed by atoms with van der Waals surface area (Å²) < 4.78 is 5.17. The van der Waals surface area contributed by atoms with E-state index in [4.69, 9.17) is 26.3 Å². The third-order valence-electron chi connectivity index (χ3n) is 3.08. The number of hydrogen-bond donors (Lipinski definition) is 1. The number of ether oxygens (including phenoxy) is 1. The zero-order chi connectivity index (χ0) is 15.6. The summed E-state index contributed by atoms with van der Waals surface area (Å²) in [5.41, 5.74) is 5.40. The Hall–Kier alpha value is -3.57. The molecule has 0 spiro atoms. The number of nitro groups is 1. The van der Waals surface area contributed by atoms with E-state index in [1.165, 1.54) is 18.2 Å². The molecule has 1 aliphatic heterocycles. The van der Waals surface area contributed by atoms with Crippen molar-refractivity contribution < 1.29 is 9.66 Å². The highest BCUT2D eigenvalue weighted by Crippen LogP contribution is 2.45. The van der Waals surface area contributed by atoms with Crippen molar-refractivity contribution in [2.45, 2.75) is 5.92 Å². The minimum Gasteiger partial charge on any atom is -0.433 e. The molecule has 0 saturated heterocycles. The zero-order valence-corrected chi connectivity index (χ0v) is 10.5. The molecule has 1 aromatic carbocycles. The van der Waals surface area contributed by atoms with Crippen LogP contribution >= 0.6 is 0 Å². The number of benzene rings is 1. The van der Waals surface area contributed by atoms with Crippen molar-refractivity contribution in [1.29, 1.82) is 15.8 Å². The molecule has 0 amide bonds. The molecule has 0 saturated carbocycles.